The predicted molar refractivity (Wildman–Crippen MR) is 108 cm³/mol. The fourth-order valence-electron chi connectivity index (χ4n) is 3.05. The van der Waals surface area contributed by atoms with Crippen molar-refractivity contribution in [1.29, 1.82) is 0 Å². The third-order valence-electron chi connectivity index (χ3n) is 4.77. The van der Waals surface area contributed by atoms with Crippen molar-refractivity contribution >= 4 is 34.8 Å². The molecule has 0 N–H and O–H groups in total. The first-order chi connectivity index (χ1) is 12.3. The Morgan fingerprint density at radius 2 is 1.92 bits per heavy atom. The molecule has 0 aliphatic carbocycles. The Bertz CT molecular complexity index is 879. The molecule has 1 aliphatic rings. The van der Waals surface area contributed by atoms with Crippen LogP contribution in [0.25, 0.3) is 0 Å². The van der Waals surface area contributed by atoms with E-state index < -0.39 is 0 Å². The minimum Gasteiger partial charge on any atom is -0.297 e. The number of aryl methyl sites for hydroxylation is 1. The van der Waals surface area contributed by atoms with Gasteiger partial charge < -0.3 is 0 Å². The molecule has 5 nitrogen and oxygen atoms in total. The van der Waals surface area contributed by atoms with Gasteiger partial charge in [-0.3, -0.25) is 19.2 Å². The van der Waals surface area contributed by atoms with E-state index in [1.807, 2.05) is 24.8 Å². The summed E-state index contributed by atoms with van der Waals surface area (Å²) in [5, 5.41) is 1.13. The molecule has 0 spiro atoms. The van der Waals surface area contributed by atoms with Gasteiger partial charge in [-0.05, 0) is 44.4 Å². The number of aromatic nitrogens is 2. The monoisotopic (exact) mass is 394 g/mol. The van der Waals surface area contributed by atoms with E-state index in [4.69, 9.17) is 28.2 Å². The van der Waals surface area contributed by atoms with Crippen LogP contribution in [0.3, 0.4) is 0 Å². The summed E-state index contributed by atoms with van der Waals surface area (Å²) in [6, 6.07) is 5.40. The molecule has 1 aromatic carbocycles. The van der Waals surface area contributed by atoms with Crippen LogP contribution in [-0.4, -0.2) is 27.7 Å². The lowest BCUT2D eigenvalue weighted by molar-refractivity contribution is 0.188. The Morgan fingerprint density at radius 3 is 2.58 bits per heavy atom. The van der Waals surface area contributed by atoms with Crippen LogP contribution in [0.15, 0.2) is 23.0 Å². The Morgan fingerprint density at radius 1 is 1.19 bits per heavy atom. The van der Waals surface area contributed by atoms with E-state index in [1.165, 1.54) is 0 Å². The summed E-state index contributed by atoms with van der Waals surface area (Å²) in [5.74, 6) is 1.22. The maximum atomic E-state index is 12.8. The quantitative estimate of drug-likeness (QED) is 0.760. The maximum absolute atomic E-state index is 12.8. The predicted octanol–water partition coefficient (Wildman–Crippen LogP) is 4.58. The highest BCUT2D eigenvalue weighted by atomic mass is 35.5. The van der Waals surface area contributed by atoms with E-state index in [1.54, 1.807) is 16.7 Å². The maximum Gasteiger partial charge on any atom is 0.259 e. The standard InChI is InChI=1S/C19H24Cl2N4O/c1-12(2)7-8-23-10-24(17-6-5-15(20)9-16(17)21)19-22-14(4)13(3)18(26)25(19)11-23/h5-6,9,12H,7-8,10-11H2,1-4H3. The number of hydrogen-bond acceptors (Lipinski definition) is 4. The fourth-order valence-corrected chi connectivity index (χ4v) is 3.56. The van der Waals surface area contributed by atoms with Crippen molar-refractivity contribution in [3.63, 3.8) is 0 Å². The van der Waals surface area contributed by atoms with Crippen LogP contribution in [-0.2, 0) is 6.67 Å². The summed E-state index contributed by atoms with van der Waals surface area (Å²) in [4.78, 5) is 21.8. The second-order valence-corrected chi connectivity index (χ2v) is 8.08. The molecule has 26 heavy (non-hydrogen) atoms. The van der Waals surface area contributed by atoms with E-state index in [2.05, 4.69) is 18.7 Å². The Kier molecular flexibility index (Phi) is 5.61. The summed E-state index contributed by atoms with van der Waals surface area (Å²) in [6.45, 7) is 10.2. The van der Waals surface area contributed by atoms with E-state index >= 15 is 0 Å². The van der Waals surface area contributed by atoms with Gasteiger partial charge in [-0.25, -0.2) is 4.98 Å². The van der Waals surface area contributed by atoms with E-state index in [-0.39, 0.29) is 5.56 Å². The summed E-state index contributed by atoms with van der Waals surface area (Å²) < 4.78 is 1.73. The SMILES string of the molecule is Cc1nc2n(c(=O)c1C)CN(CCC(C)C)CN2c1ccc(Cl)cc1Cl. The van der Waals surface area contributed by atoms with Crippen LogP contribution < -0.4 is 10.5 Å². The van der Waals surface area contributed by atoms with Crippen LogP contribution in [0.1, 0.15) is 31.5 Å². The number of anilines is 2. The molecule has 7 heteroatoms. The van der Waals surface area contributed by atoms with Gasteiger partial charge in [0.05, 0.1) is 24.0 Å². The number of hydrogen-bond donors (Lipinski definition) is 0. The first-order valence-corrected chi connectivity index (χ1v) is 9.56. The van der Waals surface area contributed by atoms with Gasteiger partial charge in [-0.15, -0.1) is 0 Å². The minimum absolute atomic E-state index is 0.00293. The molecular weight excluding hydrogens is 371 g/mol. The molecule has 0 bridgehead atoms. The van der Waals surface area contributed by atoms with Gasteiger partial charge in [0.15, 0.2) is 0 Å². The molecule has 0 amide bonds. The van der Waals surface area contributed by atoms with Crippen LogP contribution in [0, 0.1) is 19.8 Å². The molecular formula is C19H24Cl2N4O. The third-order valence-corrected chi connectivity index (χ3v) is 5.30. The van der Waals surface area contributed by atoms with Crippen LogP contribution in [0.2, 0.25) is 10.0 Å². The van der Waals surface area contributed by atoms with Crippen molar-refractivity contribution in [2.75, 3.05) is 18.1 Å². The van der Waals surface area contributed by atoms with Crippen LogP contribution in [0.5, 0.6) is 0 Å². The van der Waals surface area contributed by atoms with Gasteiger partial charge in [0.25, 0.3) is 5.56 Å². The molecule has 140 valence electrons. The van der Waals surface area contributed by atoms with Gasteiger partial charge >= 0.3 is 0 Å². The zero-order chi connectivity index (χ0) is 19.0. The number of benzene rings is 1. The first kappa shape index (κ1) is 19.2. The Hall–Kier alpha value is -1.56. The molecule has 2 aromatic rings. The van der Waals surface area contributed by atoms with Crippen molar-refractivity contribution in [3.8, 4) is 0 Å². The van der Waals surface area contributed by atoms with Crippen molar-refractivity contribution in [1.82, 2.24) is 14.5 Å². The van der Waals surface area contributed by atoms with Gasteiger partial charge in [-0.2, -0.15) is 0 Å². The summed E-state index contributed by atoms with van der Waals surface area (Å²) >= 11 is 12.5. The zero-order valence-electron chi connectivity index (χ0n) is 15.6. The van der Waals surface area contributed by atoms with Gasteiger partial charge in [0.2, 0.25) is 5.95 Å². The summed E-state index contributed by atoms with van der Waals surface area (Å²) in [5.41, 5.74) is 2.22. The largest absolute Gasteiger partial charge is 0.297 e. The molecule has 0 radical (unpaired) electrons. The topological polar surface area (TPSA) is 41.4 Å². The van der Waals surface area contributed by atoms with Gasteiger partial charge in [-0.1, -0.05) is 37.0 Å². The molecule has 1 aliphatic heterocycles. The van der Waals surface area contributed by atoms with Crippen LogP contribution in [0.4, 0.5) is 11.6 Å². The number of halogens is 2. The molecule has 0 unspecified atom stereocenters. The summed E-state index contributed by atoms with van der Waals surface area (Å²) in [6.07, 6.45) is 1.06. The number of rotatable bonds is 4. The van der Waals surface area contributed by atoms with E-state index in [0.29, 0.717) is 40.8 Å². The lowest BCUT2D eigenvalue weighted by atomic mass is 10.1. The molecule has 0 atom stereocenters. The molecule has 1 aromatic heterocycles. The zero-order valence-corrected chi connectivity index (χ0v) is 17.1. The smallest absolute Gasteiger partial charge is 0.259 e. The highest BCUT2D eigenvalue weighted by molar-refractivity contribution is 6.36. The normalized spacial score (nSPS) is 14.8. The average molecular weight is 395 g/mol. The minimum atomic E-state index is -0.00293. The first-order valence-electron chi connectivity index (χ1n) is 8.81. The molecule has 3 rings (SSSR count). The summed E-state index contributed by atoms with van der Waals surface area (Å²) in [7, 11) is 0. The average Bonchev–Trinajstić information content (AvgIpc) is 2.58. The Labute approximate surface area is 164 Å². The van der Waals surface area contributed by atoms with E-state index in [0.717, 1.165) is 24.3 Å². The third kappa shape index (κ3) is 3.75. The molecule has 2 heterocycles. The van der Waals surface area contributed by atoms with Crippen LogP contribution >= 0.6 is 23.2 Å². The second kappa shape index (κ2) is 7.59. The van der Waals surface area contributed by atoms with Crippen molar-refractivity contribution in [3.05, 3.63) is 49.9 Å². The lowest BCUT2D eigenvalue weighted by Gasteiger charge is -2.39. The molecule has 0 fully saturated rings. The second-order valence-electron chi connectivity index (χ2n) is 7.24. The van der Waals surface area contributed by atoms with Crippen molar-refractivity contribution in [2.24, 2.45) is 5.92 Å². The van der Waals surface area contributed by atoms with Crippen molar-refractivity contribution < 1.29 is 0 Å². The molecule has 0 saturated carbocycles. The fraction of sp³-hybridized carbons (Fsp3) is 0.474. The number of nitrogens with zero attached hydrogens (tertiary/aromatic N) is 4. The molecule has 0 saturated heterocycles. The lowest BCUT2D eigenvalue weighted by Crippen LogP contribution is -2.48. The Balaban J connectivity index is 2.09. The highest BCUT2D eigenvalue weighted by Crippen LogP contribution is 2.34. The van der Waals surface area contributed by atoms with Crippen molar-refractivity contribution in [2.45, 2.75) is 40.8 Å². The van der Waals surface area contributed by atoms with E-state index in [9.17, 15) is 4.79 Å². The highest BCUT2D eigenvalue weighted by Gasteiger charge is 2.28. The van der Waals surface area contributed by atoms with Gasteiger partial charge in [0, 0.05) is 22.8 Å². The van der Waals surface area contributed by atoms with Gasteiger partial charge in [0.1, 0.15) is 0 Å². The number of fused-ring (bicyclic) bond motifs is 1.